The highest BCUT2D eigenvalue weighted by Gasteiger charge is 2.23. The van der Waals surface area contributed by atoms with Gasteiger partial charge in [0.25, 0.3) is 0 Å². The summed E-state index contributed by atoms with van der Waals surface area (Å²) in [6.45, 7) is 8.94. The molecule has 0 spiro atoms. The maximum Gasteiger partial charge on any atom is 0.222 e. The van der Waals surface area contributed by atoms with Crippen molar-refractivity contribution in [3.63, 3.8) is 0 Å². The van der Waals surface area contributed by atoms with Gasteiger partial charge in [0.2, 0.25) is 5.91 Å². The first kappa shape index (κ1) is 17.0. The summed E-state index contributed by atoms with van der Waals surface area (Å²) in [5, 5.41) is 1.38. The third kappa shape index (κ3) is 3.64. The highest BCUT2D eigenvalue weighted by molar-refractivity contribution is 5.83. The zero-order chi connectivity index (χ0) is 16.9. The number of piperidine rings is 1. The summed E-state index contributed by atoms with van der Waals surface area (Å²) in [5.41, 5.74) is 2.72. The third-order valence-corrected chi connectivity index (χ3v) is 5.37. The van der Waals surface area contributed by atoms with Crippen molar-refractivity contribution in [1.82, 2.24) is 14.8 Å². The Bertz CT molecular complexity index is 670. The number of benzene rings is 1. The van der Waals surface area contributed by atoms with Crippen LogP contribution in [0.25, 0.3) is 10.9 Å². The van der Waals surface area contributed by atoms with Crippen molar-refractivity contribution in [2.75, 3.05) is 32.7 Å². The van der Waals surface area contributed by atoms with E-state index in [9.17, 15) is 4.79 Å². The molecule has 130 valence electrons. The minimum Gasteiger partial charge on any atom is -0.361 e. The third-order valence-electron chi connectivity index (χ3n) is 5.37. The quantitative estimate of drug-likeness (QED) is 0.880. The van der Waals surface area contributed by atoms with E-state index in [1.165, 1.54) is 29.3 Å². The average Bonchev–Trinajstić information content (AvgIpc) is 3.06. The minimum atomic E-state index is 0.270. The van der Waals surface area contributed by atoms with Gasteiger partial charge in [0.05, 0.1) is 0 Å². The Kier molecular flexibility index (Phi) is 5.56. The first-order chi connectivity index (χ1) is 11.7. The SMILES string of the molecule is CCC(=O)N(CC)CCN1CCC(c2c[nH]c3ccccc23)CC1. The lowest BCUT2D eigenvalue weighted by atomic mass is 9.89. The number of aromatic amines is 1. The van der Waals surface area contributed by atoms with Crippen molar-refractivity contribution in [3.8, 4) is 0 Å². The maximum absolute atomic E-state index is 11.9. The maximum atomic E-state index is 11.9. The molecule has 24 heavy (non-hydrogen) atoms. The highest BCUT2D eigenvalue weighted by atomic mass is 16.2. The lowest BCUT2D eigenvalue weighted by molar-refractivity contribution is -0.130. The van der Waals surface area contributed by atoms with E-state index in [1.54, 1.807) is 0 Å². The number of para-hydroxylation sites is 1. The molecule has 4 heteroatoms. The van der Waals surface area contributed by atoms with Gasteiger partial charge in [0.1, 0.15) is 0 Å². The van der Waals surface area contributed by atoms with Crippen molar-refractivity contribution >= 4 is 16.8 Å². The molecule has 1 aromatic carbocycles. The van der Waals surface area contributed by atoms with E-state index in [0.717, 1.165) is 32.7 Å². The molecule has 0 saturated carbocycles. The summed E-state index contributed by atoms with van der Waals surface area (Å²) in [5.74, 6) is 0.920. The van der Waals surface area contributed by atoms with Gasteiger partial charge in [-0.1, -0.05) is 25.1 Å². The number of H-pyrrole nitrogens is 1. The molecule has 1 saturated heterocycles. The number of likely N-dealkylation sites (N-methyl/N-ethyl adjacent to an activating group) is 1. The minimum absolute atomic E-state index is 0.270. The Balaban J connectivity index is 1.53. The molecule has 0 aliphatic carbocycles. The Morgan fingerprint density at radius 2 is 2.00 bits per heavy atom. The van der Waals surface area contributed by atoms with Gasteiger partial charge in [-0.05, 0) is 50.4 Å². The topological polar surface area (TPSA) is 39.3 Å². The number of carbonyl (C=O) groups excluding carboxylic acids is 1. The number of nitrogens with one attached hydrogen (secondary N) is 1. The summed E-state index contributed by atoms with van der Waals surface area (Å²) in [6.07, 6.45) is 5.21. The molecule has 1 fully saturated rings. The van der Waals surface area contributed by atoms with Crippen LogP contribution >= 0.6 is 0 Å². The predicted molar refractivity (Wildman–Crippen MR) is 99.3 cm³/mol. The zero-order valence-corrected chi connectivity index (χ0v) is 14.9. The lowest BCUT2D eigenvalue weighted by Gasteiger charge is -2.33. The summed E-state index contributed by atoms with van der Waals surface area (Å²) in [7, 11) is 0. The molecule has 0 atom stereocenters. The highest BCUT2D eigenvalue weighted by Crippen LogP contribution is 2.32. The van der Waals surface area contributed by atoms with E-state index >= 15 is 0 Å². The Labute approximate surface area is 144 Å². The van der Waals surface area contributed by atoms with E-state index in [2.05, 4.69) is 47.3 Å². The van der Waals surface area contributed by atoms with E-state index in [0.29, 0.717) is 12.3 Å². The second kappa shape index (κ2) is 7.84. The molecule has 0 bridgehead atoms. The zero-order valence-electron chi connectivity index (χ0n) is 14.9. The molecule has 2 heterocycles. The molecule has 0 radical (unpaired) electrons. The standard InChI is InChI=1S/C20H29N3O/c1-3-20(24)23(4-2)14-13-22-11-9-16(10-12-22)18-15-21-19-8-6-5-7-17(18)19/h5-8,15-16,21H,3-4,9-14H2,1-2H3. The Morgan fingerprint density at radius 1 is 1.25 bits per heavy atom. The second-order valence-electron chi connectivity index (χ2n) is 6.73. The van der Waals surface area contributed by atoms with Crippen LogP contribution in [0.1, 0.15) is 44.6 Å². The van der Waals surface area contributed by atoms with E-state index in [1.807, 2.05) is 11.8 Å². The van der Waals surface area contributed by atoms with Crippen molar-refractivity contribution in [3.05, 3.63) is 36.0 Å². The van der Waals surface area contributed by atoms with Crippen LogP contribution in [0, 0.1) is 0 Å². The normalized spacial score (nSPS) is 16.6. The van der Waals surface area contributed by atoms with Crippen LogP contribution < -0.4 is 0 Å². The Hall–Kier alpha value is -1.81. The number of hydrogen-bond acceptors (Lipinski definition) is 2. The number of likely N-dealkylation sites (tertiary alicyclic amines) is 1. The van der Waals surface area contributed by atoms with Crippen molar-refractivity contribution in [1.29, 1.82) is 0 Å². The first-order valence-electron chi connectivity index (χ1n) is 9.29. The monoisotopic (exact) mass is 327 g/mol. The molecular formula is C20H29N3O. The van der Waals surface area contributed by atoms with Gasteiger partial charge in [-0.2, -0.15) is 0 Å². The van der Waals surface area contributed by atoms with Crippen LogP contribution in [0.5, 0.6) is 0 Å². The van der Waals surface area contributed by atoms with Crippen molar-refractivity contribution in [2.45, 2.75) is 39.0 Å². The van der Waals surface area contributed by atoms with Crippen LogP contribution in [0.3, 0.4) is 0 Å². The fourth-order valence-electron chi connectivity index (χ4n) is 3.84. The summed E-state index contributed by atoms with van der Waals surface area (Å²) in [4.78, 5) is 19.7. The molecule has 1 aromatic heterocycles. The second-order valence-corrected chi connectivity index (χ2v) is 6.73. The van der Waals surface area contributed by atoms with Crippen molar-refractivity contribution < 1.29 is 4.79 Å². The van der Waals surface area contributed by atoms with Gasteiger partial charge in [0, 0.05) is 43.2 Å². The predicted octanol–water partition coefficient (Wildman–Crippen LogP) is 3.61. The number of hydrogen-bond donors (Lipinski definition) is 1. The van der Waals surface area contributed by atoms with E-state index in [-0.39, 0.29) is 5.91 Å². The van der Waals surface area contributed by atoms with Crippen LogP contribution in [0.2, 0.25) is 0 Å². The molecule has 2 aromatic rings. The lowest BCUT2D eigenvalue weighted by Crippen LogP contribution is -2.41. The molecule has 3 rings (SSSR count). The fraction of sp³-hybridized carbons (Fsp3) is 0.550. The Morgan fingerprint density at radius 3 is 2.71 bits per heavy atom. The molecular weight excluding hydrogens is 298 g/mol. The molecule has 0 unspecified atom stereocenters. The largest absolute Gasteiger partial charge is 0.361 e. The van der Waals surface area contributed by atoms with E-state index < -0.39 is 0 Å². The number of nitrogens with zero attached hydrogens (tertiary/aromatic N) is 2. The van der Waals surface area contributed by atoms with Gasteiger partial charge in [-0.15, -0.1) is 0 Å². The van der Waals surface area contributed by atoms with Gasteiger partial charge >= 0.3 is 0 Å². The fourth-order valence-corrected chi connectivity index (χ4v) is 3.84. The van der Waals surface area contributed by atoms with Crippen molar-refractivity contribution in [2.24, 2.45) is 0 Å². The smallest absolute Gasteiger partial charge is 0.222 e. The summed E-state index contributed by atoms with van der Waals surface area (Å²) < 4.78 is 0. The number of amides is 1. The number of carbonyl (C=O) groups is 1. The van der Waals surface area contributed by atoms with Gasteiger partial charge in [-0.3, -0.25) is 4.79 Å². The van der Waals surface area contributed by atoms with Gasteiger partial charge in [-0.25, -0.2) is 0 Å². The molecule has 1 aliphatic rings. The molecule has 1 aliphatic heterocycles. The summed E-state index contributed by atoms with van der Waals surface area (Å²) in [6, 6.07) is 8.59. The van der Waals surface area contributed by atoms with Crippen LogP contribution in [-0.2, 0) is 4.79 Å². The molecule has 1 N–H and O–H groups in total. The number of rotatable bonds is 6. The first-order valence-corrected chi connectivity index (χ1v) is 9.29. The molecule has 4 nitrogen and oxygen atoms in total. The summed E-state index contributed by atoms with van der Waals surface area (Å²) >= 11 is 0. The number of fused-ring (bicyclic) bond motifs is 1. The van der Waals surface area contributed by atoms with Crippen LogP contribution in [-0.4, -0.2) is 53.4 Å². The van der Waals surface area contributed by atoms with Gasteiger partial charge in [0.15, 0.2) is 0 Å². The van der Waals surface area contributed by atoms with E-state index in [4.69, 9.17) is 0 Å². The van der Waals surface area contributed by atoms with Crippen LogP contribution in [0.4, 0.5) is 0 Å². The number of aromatic nitrogens is 1. The van der Waals surface area contributed by atoms with Gasteiger partial charge < -0.3 is 14.8 Å². The van der Waals surface area contributed by atoms with Crippen LogP contribution in [0.15, 0.2) is 30.5 Å². The average molecular weight is 327 g/mol. The molecule has 1 amide bonds.